The van der Waals surface area contributed by atoms with Crippen LogP contribution in [0.5, 0.6) is 5.75 Å². The minimum absolute atomic E-state index is 0.0656. The average Bonchev–Trinajstić information content (AvgIpc) is 2.15. The Balaban J connectivity index is 3.12. The summed E-state index contributed by atoms with van der Waals surface area (Å²) in [5.41, 5.74) is 10.7. The summed E-state index contributed by atoms with van der Waals surface area (Å²) in [6.07, 6.45) is 0. The lowest BCUT2D eigenvalue weighted by molar-refractivity contribution is -0.0497. The molecular weight excluding hydrogens is 222 g/mol. The third kappa shape index (κ3) is 2.50. The lowest BCUT2D eigenvalue weighted by atomic mass is 10.1. The highest BCUT2D eigenvalue weighted by Crippen LogP contribution is 2.28. The average molecular weight is 232 g/mol. The Morgan fingerprint density at radius 2 is 1.81 bits per heavy atom. The summed E-state index contributed by atoms with van der Waals surface area (Å²) in [4.78, 5) is 11.2. The van der Waals surface area contributed by atoms with Crippen molar-refractivity contribution < 1.29 is 23.0 Å². The molecule has 88 valence electrons. The van der Waals surface area contributed by atoms with Gasteiger partial charge in [-0.25, -0.2) is 4.79 Å². The number of anilines is 2. The lowest BCUT2D eigenvalue weighted by Crippen LogP contribution is -2.11. The zero-order valence-corrected chi connectivity index (χ0v) is 8.37. The third-order valence-corrected chi connectivity index (χ3v) is 1.79. The number of nitrogen functional groups attached to an aromatic ring is 2. The maximum Gasteiger partial charge on any atom is 0.387 e. The van der Waals surface area contributed by atoms with Gasteiger partial charge in [0.05, 0.1) is 18.5 Å². The molecule has 0 unspecified atom stereocenters. The molecule has 5 nitrogen and oxygen atoms in total. The summed E-state index contributed by atoms with van der Waals surface area (Å²) < 4.78 is 32.4. The van der Waals surface area contributed by atoms with Gasteiger partial charge in [0.2, 0.25) is 0 Å². The quantitative estimate of drug-likeness (QED) is 0.604. The second-order valence-corrected chi connectivity index (χ2v) is 2.85. The Morgan fingerprint density at radius 3 is 2.19 bits per heavy atom. The zero-order valence-electron chi connectivity index (χ0n) is 8.37. The van der Waals surface area contributed by atoms with Gasteiger partial charge in [0.25, 0.3) is 0 Å². The van der Waals surface area contributed by atoms with E-state index in [2.05, 4.69) is 9.47 Å². The highest BCUT2D eigenvalue weighted by Gasteiger charge is 2.16. The van der Waals surface area contributed by atoms with E-state index in [1.165, 1.54) is 0 Å². The van der Waals surface area contributed by atoms with Crippen molar-refractivity contribution in [2.24, 2.45) is 0 Å². The van der Waals surface area contributed by atoms with Gasteiger partial charge in [-0.2, -0.15) is 8.78 Å². The van der Waals surface area contributed by atoms with Crippen LogP contribution in [-0.4, -0.2) is 19.7 Å². The van der Waals surface area contributed by atoms with Crippen LogP contribution in [0.4, 0.5) is 20.2 Å². The maximum absolute atomic E-state index is 11.9. The fourth-order valence-electron chi connectivity index (χ4n) is 1.17. The van der Waals surface area contributed by atoms with Crippen molar-refractivity contribution in [3.63, 3.8) is 0 Å². The SMILES string of the molecule is COC(=O)c1c(N)cc(OC(F)F)cc1N. The van der Waals surface area contributed by atoms with Gasteiger partial charge in [-0.15, -0.1) is 0 Å². The number of halogens is 2. The number of rotatable bonds is 3. The molecule has 0 saturated heterocycles. The van der Waals surface area contributed by atoms with Gasteiger partial charge in [0.15, 0.2) is 0 Å². The van der Waals surface area contributed by atoms with E-state index in [1.54, 1.807) is 0 Å². The summed E-state index contributed by atoms with van der Waals surface area (Å²) in [6.45, 7) is -2.98. The van der Waals surface area contributed by atoms with E-state index in [9.17, 15) is 13.6 Å². The number of nitrogens with two attached hydrogens (primary N) is 2. The first-order valence-corrected chi connectivity index (χ1v) is 4.17. The van der Waals surface area contributed by atoms with Crippen LogP contribution in [0.25, 0.3) is 0 Å². The second-order valence-electron chi connectivity index (χ2n) is 2.85. The second kappa shape index (κ2) is 4.65. The van der Waals surface area contributed by atoms with Crippen molar-refractivity contribution in [3.8, 4) is 5.75 Å². The molecule has 0 spiro atoms. The van der Waals surface area contributed by atoms with Crippen LogP contribution in [0, 0.1) is 0 Å². The van der Waals surface area contributed by atoms with Crippen molar-refractivity contribution >= 4 is 17.3 Å². The smallest absolute Gasteiger partial charge is 0.387 e. The van der Waals surface area contributed by atoms with E-state index in [4.69, 9.17) is 11.5 Å². The molecule has 0 heterocycles. The molecular formula is C9H10F2N2O3. The van der Waals surface area contributed by atoms with Crippen molar-refractivity contribution in [2.75, 3.05) is 18.6 Å². The van der Waals surface area contributed by atoms with E-state index in [1.807, 2.05) is 0 Å². The van der Waals surface area contributed by atoms with Gasteiger partial charge in [-0.1, -0.05) is 0 Å². The molecule has 0 amide bonds. The Morgan fingerprint density at radius 1 is 1.31 bits per heavy atom. The molecule has 0 aromatic heterocycles. The van der Waals surface area contributed by atoms with Gasteiger partial charge >= 0.3 is 12.6 Å². The number of benzene rings is 1. The van der Waals surface area contributed by atoms with Crippen LogP contribution < -0.4 is 16.2 Å². The van der Waals surface area contributed by atoms with Gasteiger partial charge in [0.1, 0.15) is 11.3 Å². The third-order valence-electron chi connectivity index (χ3n) is 1.79. The van der Waals surface area contributed by atoms with Gasteiger partial charge in [-0.05, 0) is 0 Å². The predicted octanol–water partition coefficient (Wildman–Crippen LogP) is 1.24. The van der Waals surface area contributed by atoms with Crippen molar-refractivity contribution in [2.45, 2.75) is 6.61 Å². The maximum atomic E-state index is 11.9. The standard InChI is InChI=1S/C9H10F2N2O3/c1-15-8(14)7-5(12)2-4(3-6(7)13)16-9(10)11/h2-3,9H,12-13H2,1H3. The predicted molar refractivity (Wildman–Crippen MR) is 53.2 cm³/mol. The molecule has 1 rings (SSSR count). The van der Waals surface area contributed by atoms with E-state index < -0.39 is 12.6 Å². The molecule has 0 atom stereocenters. The topological polar surface area (TPSA) is 87.6 Å². The normalized spacial score (nSPS) is 10.2. The first kappa shape index (κ1) is 12.0. The fraction of sp³-hybridized carbons (Fsp3) is 0.222. The van der Waals surface area contributed by atoms with Gasteiger partial charge < -0.3 is 20.9 Å². The summed E-state index contributed by atoms with van der Waals surface area (Å²) in [5, 5.41) is 0. The molecule has 0 aliphatic heterocycles. The highest BCUT2D eigenvalue weighted by molar-refractivity contribution is 6.01. The summed E-state index contributed by atoms with van der Waals surface area (Å²) in [6, 6.07) is 2.16. The van der Waals surface area contributed by atoms with E-state index in [-0.39, 0.29) is 22.7 Å². The molecule has 0 aliphatic carbocycles. The molecule has 16 heavy (non-hydrogen) atoms. The number of hydrogen-bond donors (Lipinski definition) is 2. The minimum Gasteiger partial charge on any atom is -0.465 e. The van der Waals surface area contributed by atoms with Crippen LogP contribution in [0.3, 0.4) is 0 Å². The number of methoxy groups -OCH3 is 1. The number of carbonyl (C=O) groups excluding carboxylic acids is 1. The molecule has 0 bridgehead atoms. The van der Waals surface area contributed by atoms with Crippen LogP contribution >= 0.6 is 0 Å². The van der Waals surface area contributed by atoms with Crippen molar-refractivity contribution in [1.82, 2.24) is 0 Å². The molecule has 1 aromatic rings. The van der Waals surface area contributed by atoms with Gasteiger partial charge in [-0.3, -0.25) is 0 Å². The Labute approximate surface area is 89.9 Å². The Hall–Kier alpha value is -2.05. The van der Waals surface area contributed by atoms with Crippen LogP contribution in [-0.2, 0) is 4.74 Å². The highest BCUT2D eigenvalue weighted by atomic mass is 19.3. The molecule has 0 aliphatic rings. The van der Waals surface area contributed by atoms with Crippen molar-refractivity contribution in [3.05, 3.63) is 17.7 Å². The van der Waals surface area contributed by atoms with Crippen LogP contribution in [0.1, 0.15) is 10.4 Å². The number of carbonyl (C=O) groups is 1. The zero-order chi connectivity index (χ0) is 12.3. The first-order chi connectivity index (χ1) is 7.45. The Kier molecular flexibility index (Phi) is 3.49. The van der Waals surface area contributed by atoms with Crippen molar-refractivity contribution in [1.29, 1.82) is 0 Å². The largest absolute Gasteiger partial charge is 0.465 e. The van der Waals surface area contributed by atoms with Crippen LogP contribution in [0.15, 0.2) is 12.1 Å². The first-order valence-electron chi connectivity index (χ1n) is 4.17. The van der Waals surface area contributed by atoms with E-state index >= 15 is 0 Å². The fourth-order valence-corrected chi connectivity index (χ4v) is 1.17. The molecule has 0 radical (unpaired) electrons. The molecule has 1 aromatic carbocycles. The molecule has 0 saturated carbocycles. The van der Waals surface area contributed by atoms with Crippen LogP contribution in [0.2, 0.25) is 0 Å². The number of hydrogen-bond acceptors (Lipinski definition) is 5. The van der Waals surface area contributed by atoms with E-state index in [0.717, 1.165) is 19.2 Å². The Bertz CT molecular complexity index is 387. The van der Waals surface area contributed by atoms with Gasteiger partial charge in [0, 0.05) is 12.1 Å². The number of esters is 1. The number of alkyl halides is 2. The lowest BCUT2D eigenvalue weighted by Gasteiger charge is -2.10. The minimum atomic E-state index is -2.98. The molecule has 0 fully saturated rings. The summed E-state index contributed by atoms with van der Waals surface area (Å²) in [7, 11) is 1.16. The molecule has 7 heteroatoms. The summed E-state index contributed by atoms with van der Waals surface area (Å²) in [5.74, 6) is -0.948. The monoisotopic (exact) mass is 232 g/mol. The summed E-state index contributed by atoms with van der Waals surface area (Å²) >= 11 is 0. The molecule has 4 N–H and O–H groups in total. The van der Waals surface area contributed by atoms with E-state index in [0.29, 0.717) is 0 Å². The number of ether oxygens (including phenoxy) is 2.